The van der Waals surface area contributed by atoms with E-state index in [1.165, 1.54) is 0 Å². The van der Waals surface area contributed by atoms with Crippen LogP contribution in [-0.2, 0) is 4.79 Å². The summed E-state index contributed by atoms with van der Waals surface area (Å²) in [6, 6.07) is 5.90. The summed E-state index contributed by atoms with van der Waals surface area (Å²) in [4.78, 5) is 17.8. The first-order valence-corrected chi connectivity index (χ1v) is 7.23. The zero-order valence-electron chi connectivity index (χ0n) is 10.8. The highest BCUT2D eigenvalue weighted by Crippen LogP contribution is 2.36. The Labute approximate surface area is 125 Å². The van der Waals surface area contributed by atoms with Crippen LogP contribution in [0.4, 0.5) is 11.4 Å². The largest absolute Gasteiger partial charge is 0.396 e. The van der Waals surface area contributed by atoms with E-state index in [4.69, 9.17) is 11.5 Å². The third-order valence-electron chi connectivity index (χ3n) is 3.74. The number of pyridine rings is 1. The van der Waals surface area contributed by atoms with Gasteiger partial charge in [0.1, 0.15) is 0 Å². The van der Waals surface area contributed by atoms with E-state index in [9.17, 15) is 4.79 Å². The number of anilines is 2. The van der Waals surface area contributed by atoms with Crippen molar-refractivity contribution in [1.29, 1.82) is 0 Å². The van der Waals surface area contributed by atoms with Crippen LogP contribution in [0.5, 0.6) is 0 Å². The van der Waals surface area contributed by atoms with Crippen LogP contribution in [0.15, 0.2) is 28.9 Å². The van der Waals surface area contributed by atoms with Gasteiger partial charge in [-0.05, 0) is 24.6 Å². The fourth-order valence-corrected chi connectivity index (χ4v) is 3.08. The van der Waals surface area contributed by atoms with Gasteiger partial charge >= 0.3 is 0 Å². The van der Waals surface area contributed by atoms with Crippen molar-refractivity contribution >= 4 is 44.1 Å². The maximum absolute atomic E-state index is 11.3. The summed E-state index contributed by atoms with van der Waals surface area (Å²) in [6.07, 6.45) is 2.44. The number of hydrogen-bond acceptors (Lipinski definition) is 4. The van der Waals surface area contributed by atoms with Crippen LogP contribution < -0.4 is 16.4 Å². The van der Waals surface area contributed by atoms with Gasteiger partial charge in [0.2, 0.25) is 5.91 Å². The van der Waals surface area contributed by atoms with Gasteiger partial charge in [-0.15, -0.1) is 0 Å². The smallest absolute Gasteiger partial charge is 0.222 e. The summed E-state index contributed by atoms with van der Waals surface area (Å²) in [5.74, 6) is -0.351. The average Bonchev–Trinajstić information content (AvgIpc) is 2.88. The van der Waals surface area contributed by atoms with E-state index in [2.05, 4.69) is 25.8 Å². The minimum atomic E-state index is -0.245. The van der Waals surface area contributed by atoms with Crippen molar-refractivity contribution in [2.75, 3.05) is 23.7 Å². The molecule has 1 aliphatic rings. The number of halogens is 1. The molecule has 1 aliphatic heterocycles. The van der Waals surface area contributed by atoms with Crippen LogP contribution in [0.3, 0.4) is 0 Å². The molecule has 0 aliphatic carbocycles. The lowest BCUT2D eigenvalue weighted by Gasteiger charge is -2.22. The zero-order chi connectivity index (χ0) is 14.3. The van der Waals surface area contributed by atoms with E-state index in [1.807, 2.05) is 18.2 Å². The van der Waals surface area contributed by atoms with Gasteiger partial charge in [0, 0.05) is 22.9 Å². The van der Waals surface area contributed by atoms with Gasteiger partial charge < -0.3 is 16.4 Å². The van der Waals surface area contributed by atoms with Crippen LogP contribution in [0, 0.1) is 5.92 Å². The van der Waals surface area contributed by atoms with Gasteiger partial charge in [-0.3, -0.25) is 9.78 Å². The van der Waals surface area contributed by atoms with Crippen molar-refractivity contribution in [3.8, 4) is 0 Å². The molecule has 1 atom stereocenters. The second kappa shape index (κ2) is 4.94. The molecule has 5 nitrogen and oxygen atoms in total. The number of nitrogens with two attached hydrogens (primary N) is 2. The highest BCUT2D eigenvalue weighted by atomic mass is 79.9. The van der Waals surface area contributed by atoms with Gasteiger partial charge in [0.05, 0.1) is 29.0 Å². The molecule has 6 heteroatoms. The van der Waals surface area contributed by atoms with E-state index in [1.54, 1.807) is 6.20 Å². The molecule has 1 amide bonds. The number of carbonyl (C=O) groups excluding carboxylic acids is 1. The van der Waals surface area contributed by atoms with Crippen molar-refractivity contribution in [2.45, 2.75) is 6.42 Å². The maximum atomic E-state index is 11.3. The molecule has 1 aromatic carbocycles. The Kier molecular flexibility index (Phi) is 3.25. The molecule has 1 saturated heterocycles. The van der Waals surface area contributed by atoms with E-state index < -0.39 is 0 Å². The molecule has 0 radical (unpaired) electrons. The lowest BCUT2D eigenvalue weighted by molar-refractivity contribution is -0.121. The zero-order valence-corrected chi connectivity index (χ0v) is 12.4. The van der Waals surface area contributed by atoms with Crippen LogP contribution in [-0.4, -0.2) is 24.0 Å². The molecule has 20 heavy (non-hydrogen) atoms. The van der Waals surface area contributed by atoms with Crippen molar-refractivity contribution in [3.63, 3.8) is 0 Å². The van der Waals surface area contributed by atoms with Gasteiger partial charge in [-0.1, -0.05) is 15.9 Å². The van der Waals surface area contributed by atoms with E-state index in [0.29, 0.717) is 12.2 Å². The Morgan fingerprint density at radius 1 is 1.45 bits per heavy atom. The number of benzene rings is 1. The van der Waals surface area contributed by atoms with Crippen molar-refractivity contribution in [3.05, 3.63) is 28.9 Å². The minimum Gasteiger partial charge on any atom is -0.396 e. The number of carbonyl (C=O) groups is 1. The monoisotopic (exact) mass is 334 g/mol. The summed E-state index contributed by atoms with van der Waals surface area (Å²) in [5.41, 5.74) is 14.0. The Bertz CT molecular complexity index is 683. The molecule has 1 fully saturated rings. The Morgan fingerprint density at radius 2 is 2.25 bits per heavy atom. The summed E-state index contributed by atoms with van der Waals surface area (Å²) < 4.78 is 0.976. The molecule has 1 unspecified atom stereocenters. The minimum absolute atomic E-state index is 0.107. The SMILES string of the molecule is NC(=O)C1CCN(c2c(N)cnc3ccc(Br)cc23)C1. The predicted molar refractivity (Wildman–Crippen MR) is 83.4 cm³/mol. The lowest BCUT2D eigenvalue weighted by Crippen LogP contribution is -2.27. The number of nitrogen functional groups attached to an aromatic ring is 1. The van der Waals surface area contributed by atoms with Crippen molar-refractivity contribution in [1.82, 2.24) is 4.98 Å². The number of aromatic nitrogens is 1. The standard InChI is InChI=1S/C14H15BrN4O/c15-9-1-2-12-10(5-9)13(11(16)6-18-12)19-4-3-8(7-19)14(17)20/h1-2,5-6,8H,3-4,7,16H2,(H2,17,20). The molecule has 104 valence electrons. The maximum Gasteiger partial charge on any atom is 0.222 e. The number of nitrogens with zero attached hydrogens (tertiary/aromatic N) is 2. The summed E-state index contributed by atoms with van der Waals surface area (Å²) in [6.45, 7) is 1.40. The third kappa shape index (κ3) is 2.20. The number of hydrogen-bond donors (Lipinski definition) is 2. The molecular weight excluding hydrogens is 320 g/mol. The third-order valence-corrected chi connectivity index (χ3v) is 4.23. The van der Waals surface area contributed by atoms with E-state index >= 15 is 0 Å². The second-order valence-corrected chi connectivity index (χ2v) is 5.97. The van der Waals surface area contributed by atoms with Gasteiger partial charge in [0.25, 0.3) is 0 Å². The van der Waals surface area contributed by atoms with Crippen LogP contribution >= 0.6 is 15.9 Å². The average molecular weight is 335 g/mol. The summed E-state index contributed by atoms with van der Waals surface area (Å²) in [7, 11) is 0. The molecule has 2 heterocycles. The molecule has 0 bridgehead atoms. The molecule has 4 N–H and O–H groups in total. The highest BCUT2D eigenvalue weighted by Gasteiger charge is 2.28. The molecular formula is C14H15BrN4O. The Morgan fingerprint density at radius 3 is 2.95 bits per heavy atom. The number of amides is 1. The van der Waals surface area contributed by atoms with E-state index in [0.717, 1.165) is 34.0 Å². The number of primary amides is 1. The predicted octanol–water partition coefficient (Wildman–Crippen LogP) is 1.89. The normalized spacial score (nSPS) is 18.6. The number of fused-ring (bicyclic) bond motifs is 1. The second-order valence-electron chi connectivity index (χ2n) is 5.06. The van der Waals surface area contributed by atoms with Gasteiger partial charge in [-0.2, -0.15) is 0 Å². The fraction of sp³-hybridized carbons (Fsp3) is 0.286. The molecule has 1 aromatic heterocycles. The Balaban J connectivity index is 2.09. The van der Waals surface area contributed by atoms with Gasteiger partial charge in [-0.25, -0.2) is 0 Å². The van der Waals surface area contributed by atoms with Gasteiger partial charge in [0.15, 0.2) is 0 Å². The van der Waals surface area contributed by atoms with E-state index in [-0.39, 0.29) is 11.8 Å². The first kappa shape index (κ1) is 13.2. The molecule has 0 saturated carbocycles. The topological polar surface area (TPSA) is 85.2 Å². The van der Waals surface area contributed by atoms with Crippen molar-refractivity contribution in [2.24, 2.45) is 11.7 Å². The van der Waals surface area contributed by atoms with Crippen LogP contribution in [0.1, 0.15) is 6.42 Å². The summed E-state index contributed by atoms with van der Waals surface area (Å²) in [5, 5.41) is 0.990. The molecule has 0 spiro atoms. The summed E-state index contributed by atoms with van der Waals surface area (Å²) >= 11 is 3.47. The first-order chi connectivity index (χ1) is 9.56. The quantitative estimate of drug-likeness (QED) is 0.878. The Hall–Kier alpha value is -1.82. The van der Waals surface area contributed by atoms with Crippen LogP contribution in [0.25, 0.3) is 10.9 Å². The lowest BCUT2D eigenvalue weighted by atomic mass is 10.1. The molecule has 3 rings (SSSR count). The number of rotatable bonds is 2. The van der Waals surface area contributed by atoms with Crippen molar-refractivity contribution < 1.29 is 4.79 Å². The fourth-order valence-electron chi connectivity index (χ4n) is 2.71. The highest BCUT2D eigenvalue weighted by molar-refractivity contribution is 9.10. The first-order valence-electron chi connectivity index (χ1n) is 6.44. The van der Waals surface area contributed by atoms with Crippen LogP contribution in [0.2, 0.25) is 0 Å². The molecule has 2 aromatic rings.